The normalized spacial score (nSPS) is 16.5. The molecule has 0 radical (unpaired) electrons. The van der Waals surface area contributed by atoms with Gasteiger partial charge >= 0.3 is 11.9 Å². The number of hydrogen-bond donors (Lipinski definition) is 1. The van der Waals surface area contributed by atoms with E-state index in [1.807, 2.05) is 0 Å². The second kappa shape index (κ2) is 10.8. The van der Waals surface area contributed by atoms with Gasteiger partial charge in [-0.3, -0.25) is 10.1 Å². The van der Waals surface area contributed by atoms with Gasteiger partial charge in [0.05, 0.1) is 28.6 Å². The van der Waals surface area contributed by atoms with Gasteiger partial charge in [-0.25, -0.2) is 9.59 Å². The fraction of sp³-hybridized carbons (Fsp3) is 0.529. The molecule has 0 aromatic heterocycles. The predicted octanol–water partition coefficient (Wildman–Crippen LogP) is 2.28. The molecule has 12 heteroatoms. The molecule has 1 aromatic rings. The topological polar surface area (TPSA) is 158 Å². The molecule has 0 spiro atoms. The van der Waals surface area contributed by atoms with Crippen LogP contribution in [0, 0.1) is 15.3 Å². The highest BCUT2D eigenvalue weighted by Gasteiger charge is 2.36. The summed E-state index contributed by atoms with van der Waals surface area (Å²) in [7, 11) is 0. The van der Waals surface area contributed by atoms with Crippen LogP contribution in [-0.4, -0.2) is 57.7 Å². The van der Waals surface area contributed by atoms with Crippen LogP contribution in [0.3, 0.4) is 0 Å². The molecule has 1 heterocycles. The van der Waals surface area contributed by atoms with Crippen molar-refractivity contribution in [1.29, 1.82) is 0 Å². The van der Waals surface area contributed by atoms with Crippen LogP contribution in [0.5, 0.6) is 0 Å². The predicted molar refractivity (Wildman–Crippen MR) is 96.6 cm³/mol. The van der Waals surface area contributed by atoms with E-state index in [9.17, 15) is 24.9 Å². The molecule has 12 nitrogen and oxygen atoms in total. The average Bonchev–Trinajstić information content (AvgIpc) is 3.20. The maximum atomic E-state index is 11.8. The van der Waals surface area contributed by atoms with Crippen molar-refractivity contribution in [3.8, 4) is 0 Å². The monoisotopic (exact) mass is 410 g/mol. The zero-order valence-electron chi connectivity index (χ0n) is 15.6. The number of benzene rings is 1. The zero-order chi connectivity index (χ0) is 21.2. The van der Waals surface area contributed by atoms with Gasteiger partial charge in [0.1, 0.15) is 6.61 Å². The van der Waals surface area contributed by atoms with E-state index in [0.29, 0.717) is 38.6 Å². The van der Waals surface area contributed by atoms with E-state index in [1.165, 1.54) is 24.3 Å². The summed E-state index contributed by atoms with van der Waals surface area (Å²) in [5.74, 6) is -1.63. The number of hydrogen-bond acceptors (Lipinski definition) is 8. The van der Waals surface area contributed by atoms with Crippen LogP contribution in [0.1, 0.15) is 42.5 Å². The first kappa shape index (κ1) is 21.9. The Bertz CT molecular complexity index is 752. The number of nitro groups is 1. The molecule has 0 amide bonds. The summed E-state index contributed by atoms with van der Waals surface area (Å²) in [5.41, 5.74) is 0.127. The zero-order valence-corrected chi connectivity index (χ0v) is 15.6. The number of nitro benzene ring substituents is 1. The number of esters is 1. The minimum absolute atomic E-state index is 0.105. The summed E-state index contributed by atoms with van der Waals surface area (Å²) >= 11 is 0. The highest BCUT2D eigenvalue weighted by atomic mass is 16.7. The SMILES string of the molecule is O=C(OCCCCCO/N=[N+](\[O-])N1CCC[C@H]1C(=O)O)c1ccc([N+](=O)[O-])cc1. The smallest absolute Gasteiger partial charge is 0.338 e. The molecule has 1 atom stereocenters. The van der Waals surface area contributed by atoms with Crippen LogP contribution < -0.4 is 0 Å². The third-order valence-electron chi connectivity index (χ3n) is 4.28. The van der Waals surface area contributed by atoms with E-state index in [-0.39, 0.29) is 29.4 Å². The van der Waals surface area contributed by atoms with Gasteiger partial charge in [0, 0.05) is 12.1 Å². The third kappa shape index (κ3) is 6.59. The summed E-state index contributed by atoms with van der Waals surface area (Å²) in [6.07, 6.45) is 2.78. The van der Waals surface area contributed by atoms with E-state index >= 15 is 0 Å². The van der Waals surface area contributed by atoms with Crippen LogP contribution in [-0.2, 0) is 14.4 Å². The van der Waals surface area contributed by atoms with Crippen molar-refractivity contribution in [2.24, 2.45) is 5.28 Å². The van der Waals surface area contributed by atoms with Gasteiger partial charge in [-0.05, 0) is 44.2 Å². The Morgan fingerprint density at radius 1 is 1.17 bits per heavy atom. The Morgan fingerprint density at radius 2 is 1.86 bits per heavy atom. The van der Waals surface area contributed by atoms with Crippen molar-refractivity contribution >= 4 is 17.6 Å². The molecule has 158 valence electrons. The van der Waals surface area contributed by atoms with Crippen molar-refractivity contribution in [3.05, 3.63) is 45.2 Å². The number of nitrogens with zero attached hydrogens (tertiary/aromatic N) is 4. The van der Waals surface area contributed by atoms with E-state index in [4.69, 9.17) is 14.7 Å². The molecule has 0 saturated carbocycles. The first-order chi connectivity index (χ1) is 13.9. The number of ether oxygens (including phenoxy) is 1. The summed E-state index contributed by atoms with van der Waals surface area (Å²) in [5, 5.41) is 35.8. The number of carbonyl (C=O) groups is 2. The number of rotatable bonds is 11. The van der Waals surface area contributed by atoms with Gasteiger partial charge in [-0.1, -0.05) is 0 Å². The first-order valence-electron chi connectivity index (χ1n) is 9.11. The molecule has 0 bridgehead atoms. The van der Waals surface area contributed by atoms with E-state index in [1.54, 1.807) is 0 Å². The van der Waals surface area contributed by atoms with Crippen LogP contribution in [0.15, 0.2) is 29.5 Å². The Labute approximate surface area is 166 Å². The molecule has 0 unspecified atom stereocenters. The maximum absolute atomic E-state index is 11.8. The van der Waals surface area contributed by atoms with Crippen molar-refractivity contribution in [3.63, 3.8) is 0 Å². The van der Waals surface area contributed by atoms with Gasteiger partial charge in [-0.15, -0.1) is 5.01 Å². The van der Waals surface area contributed by atoms with Gasteiger partial charge in [0.2, 0.25) is 5.28 Å². The summed E-state index contributed by atoms with van der Waals surface area (Å²) in [6.45, 7) is 0.656. The lowest BCUT2D eigenvalue weighted by Gasteiger charge is -2.16. The summed E-state index contributed by atoms with van der Waals surface area (Å²) in [4.78, 5) is 37.9. The molecule has 1 aliphatic rings. The largest absolute Gasteiger partial charge is 0.569 e. The second-order valence-electron chi connectivity index (χ2n) is 6.33. The lowest BCUT2D eigenvalue weighted by Crippen LogP contribution is -2.40. The van der Waals surface area contributed by atoms with Crippen molar-refractivity contribution in [2.45, 2.75) is 38.1 Å². The highest BCUT2D eigenvalue weighted by Crippen LogP contribution is 2.17. The lowest BCUT2D eigenvalue weighted by molar-refractivity contribution is -0.712. The van der Waals surface area contributed by atoms with Crippen LogP contribution in [0.2, 0.25) is 0 Å². The molecule has 1 N–H and O–H groups in total. The first-order valence-corrected chi connectivity index (χ1v) is 9.11. The van der Waals surface area contributed by atoms with Crippen LogP contribution in [0.25, 0.3) is 0 Å². The summed E-state index contributed by atoms with van der Waals surface area (Å²) in [6, 6.07) is 4.25. The lowest BCUT2D eigenvalue weighted by atomic mass is 10.2. The van der Waals surface area contributed by atoms with Gasteiger partial charge in [0.15, 0.2) is 6.04 Å². The number of carboxylic acids is 1. The fourth-order valence-electron chi connectivity index (χ4n) is 2.76. The summed E-state index contributed by atoms with van der Waals surface area (Å²) < 4.78 is 5.08. The minimum Gasteiger partial charge on any atom is -0.569 e. The standard InChI is InChI=1S/C17H22N4O8/c22-16(23)15-5-4-10-19(15)21(27)18-29-12-3-1-2-11-28-17(24)13-6-8-14(9-7-13)20(25)26/h6-9,15H,1-5,10-12H2,(H,22,23)/b21-18-/t15-/m0/s1. The number of non-ortho nitro benzene ring substituents is 1. The number of unbranched alkanes of at least 4 members (excludes halogenated alkanes) is 2. The molecule has 1 aliphatic heterocycles. The van der Waals surface area contributed by atoms with Crippen molar-refractivity contribution in [2.75, 3.05) is 19.8 Å². The number of aliphatic carboxylic acids is 1. The number of carbonyl (C=O) groups excluding carboxylic acids is 1. The molecule has 1 aromatic carbocycles. The number of hydrazine groups is 1. The Morgan fingerprint density at radius 3 is 2.52 bits per heavy atom. The van der Waals surface area contributed by atoms with Crippen molar-refractivity contribution < 1.29 is 34.2 Å². The fourth-order valence-corrected chi connectivity index (χ4v) is 2.76. The van der Waals surface area contributed by atoms with Crippen LogP contribution >= 0.6 is 0 Å². The number of carboxylic acid groups (broad SMARTS) is 1. The van der Waals surface area contributed by atoms with Crippen molar-refractivity contribution in [1.82, 2.24) is 5.01 Å². The molecule has 1 saturated heterocycles. The Hall–Kier alpha value is -3.44. The van der Waals surface area contributed by atoms with E-state index in [0.717, 1.165) is 5.01 Å². The molecule has 2 rings (SSSR count). The van der Waals surface area contributed by atoms with Gasteiger partial charge < -0.3 is 19.9 Å². The van der Waals surface area contributed by atoms with E-state index < -0.39 is 22.9 Å². The maximum Gasteiger partial charge on any atom is 0.338 e. The van der Waals surface area contributed by atoms with Gasteiger partial charge in [-0.2, -0.15) is 0 Å². The van der Waals surface area contributed by atoms with Gasteiger partial charge in [0.25, 0.3) is 5.69 Å². The highest BCUT2D eigenvalue weighted by molar-refractivity contribution is 5.89. The third-order valence-corrected chi connectivity index (χ3v) is 4.28. The second-order valence-corrected chi connectivity index (χ2v) is 6.33. The molecule has 29 heavy (non-hydrogen) atoms. The molecule has 0 aliphatic carbocycles. The molecular weight excluding hydrogens is 388 g/mol. The van der Waals surface area contributed by atoms with Crippen LogP contribution in [0.4, 0.5) is 5.69 Å². The molecule has 1 fully saturated rings. The Kier molecular flexibility index (Phi) is 8.12. The quantitative estimate of drug-likeness (QED) is 0.144. The van der Waals surface area contributed by atoms with E-state index in [2.05, 4.69) is 5.28 Å². The molecular formula is C17H22N4O8. The minimum atomic E-state index is -1.07. The average molecular weight is 410 g/mol. The Balaban J connectivity index is 1.58.